The van der Waals surface area contributed by atoms with E-state index in [9.17, 15) is 4.39 Å². The van der Waals surface area contributed by atoms with Gasteiger partial charge in [0.1, 0.15) is 5.82 Å². The average molecular weight is 283 g/mol. The van der Waals surface area contributed by atoms with Crippen molar-refractivity contribution in [3.05, 3.63) is 70.5 Å². The molecular weight excluding hydrogens is 270 g/mol. The fourth-order valence-electron chi connectivity index (χ4n) is 1.85. The summed E-state index contributed by atoms with van der Waals surface area (Å²) in [6, 6.07) is 14.9. The van der Waals surface area contributed by atoms with E-state index in [1.54, 1.807) is 18.2 Å². The predicted molar refractivity (Wildman–Crippen MR) is 74.8 cm³/mol. The second-order valence-electron chi connectivity index (χ2n) is 4.13. The van der Waals surface area contributed by atoms with Gasteiger partial charge in [-0.05, 0) is 30.0 Å². The zero-order valence-corrected chi connectivity index (χ0v) is 11.3. The smallest absolute Gasteiger partial charge is 0.144 e. The molecule has 0 amide bonds. The Morgan fingerprint density at radius 3 is 2.44 bits per heavy atom. The van der Waals surface area contributed by atoms with Crippen molar-refractivity contribution in [3.63, 3.8) is 0 Å². The Hall–Kier alpha value is -1.05. The van der Waals surface area contributed by atoms with Crippen LogP contribution in [0.2, 0.25) is 5.02 Å². The molecule has 0 saturated carbocycles. The third-order valence-corrected chi connectivity index (χ3v) is 3.62. The molecule has 0 saturated heterocycles. The van der Waals surface area contributed by atoms with Gasteiger partial charge in [0, 0.05) is 0 Å². The molecule has 3 heteroatoms. The Bertz CT molecular complexity index is 511. The van der Waals surface area contributed by atoms with Crippen LogP contribution in [0.5, 0.6) is 0 Å². The highest BCUT2D eigenvalue weighted by molar-refractivity contribution is 6.30. The molecule has 0 fully saturated rings. The predicted octanol–water partition coefficient (Wildman–Crippen LogP) is 5.39. The SMILES string of the molecule is Fc1c(Cl)cccc1CCC(Cl)c1ccccc1. The van der Waals surface area contributed by atoms with Gasteiger partial charge < -0.3 is 0 Å². The Labute approximate surface area is 116 Å². The lowest BCUT2D eigenvalue weighted by molar-refractivity contribution is 0.603. The molecular formula is C15H13Cl2F. The van der Waals surface area contributed by atoms with Gasteiger partial charge >= 0.3 is 0 Å². The zero-order chi connectivity index (χ0) is 13.0. The molecule has 0 N–H and O–H groups in total. The van der Waals surface area contributed by atoms with Crippen molar-refractivity contribution >= 4 is 23.2 Å². The molecule has 0 aromatic heterocycles. The molecule has 18 heavy (non-hydrogen) atoms. The maximum absolute atomic E-state index is 13.7. The summed E-state index contributed by atoms with van der Waals surface area (Å²) in [7, 11) is 0. The summed E-state index contributed by atoms with van der Waals surface area (Å²) in [6.07, 6.45) is 1.26. The van der Waals surface area contributed by atoms with E-state index < -0.39 is 0 Å². The van der Waals surface area contributed by atoms with E-state index in [0.29, 0.717) is 18.4 Å². The minimum absolute atomic E-state index is 0.107. The molecule has 2 rings (SSSR count). The summed E-state index contributed by atoms with van der Waals surface area (Å²) < 4.78 is 13.7. The van der Waals surface area contributed by atoms with Crippen LogP contribution < -0.4 is 0 Å². The van der Waals surface area contributed by atoms with Crippen LogP contribution in [0.1, 0.15) is 22.9 Å². The molecule has 2 aromatic carbocycles. The summed E-state index contributed by atoms with van der Waals surface area (Å²) in [5.41, 5.74) is 1.67. The maximum Gasteiger partial charge on any atom is 0.144 e. The second kappa shape index (κ2) is 6.21. The normalized spacial score (nSPS) is 12.4. The lowest BCUT2D eigenvalue weighted by atomic mass is 10.0. The van der Waals surface area contributed by atoms with Crippen molar-refractivity contribution in [1.29, 1.82) is 0 Å². The Morgan fingerprint density at radius 2 is 1.72 bits per heavy atom. The van der Waals surface area contributed by atoms with Crippen molar-refractivity contribution in [3.8, 4) is 0 Å². The van der Waals surface area contributed by atoms with Crippen LogP contribution in [0.3, 0.4) is 0 Å². The second-order valence-corrected chi connectivity index (χ2v) is 5.06. The standard InChI is InChI=1S/C15H13Cl2F/c16-13(11-5-2-1-3-6-11)10-9-12-7-4-8-14(17)15(12)18/h1-8,13H,9-10H2. The molecule has 1 atom stereocenters. The largest absolute Gasteiger partial charge is 0.205 e. The van der Waals surface area contributed by atoms with Crippen molar-refractivity contribution in [2.24, 2.45) is 0 Å². The Morgan fingerprint density at radius 1 is 1.00 bits per heavy atom. The number of aryl methyl sites for hydroxylation is 1. The van der Waals surface area contributed by atoms with Gasteiger partial charge in [0.25, 0.3) is 0 Å². The number of hydrogen-bond donors (Lipinski definition) is 0. The number of halogens is 3. The van der Waals surface area contributed by atoms with Crippen LogP contribution in [0.15, 0.2) is 48.5 Å². The summed E-state index contributed by atoms with van der Waals surface area (Å²) >= 11 is 12.0. The van der Waals surface area contributed by atoms with Gasteiger partial charge in [0.2, 0.25) is 0 Å². The molecule has 0 heterocycles. The molecule has 0 aliphatic rings. The Balaban J connectivity index is 2.02. The molecule has 0 bridgehead atoms. The maximum atomic E-state index is 13.7. The highest BCUT2D eigenvalue weighted by Gasteiger charge is 2.11. The number of benzene rings is 2. The topological polar surface area (TPSA) is 0 Å². The first-order valence-electron chi connectivity index (χ1n) is 5.80. The van der Waals surface area contributed by atoms with E-state index in [1.165, 1.54) is 0 Å². The van der Waals surface area contributed by atoms with E-state index in [1.807, 2.05) is 30.3 Å². The third-order valence-electron chi connectivity index (χ3n) is 2.86. The lowest BCUT2D eigenvalue weighted by Crippen LogP contribution is -1.96. The van der Waals surface area contributed by atoms with Crippen molar-refractivity contribution in [2.75, 3.05) is 0 Å². The van der Waals surface area contributed by atoms with Gasteiger partial charge in [-0.15, -0.1) is 11.6 Å². The fraction of sp³-hybridized carbons (Fsp3) is 0.200. The van der Waals surface area contributed by atoms with Crippen LogP contribution in [-0.2, 0) is 6.42 Å². The quantitative estimate of drug-likeness (QED) is 0.660. The molecule has 1 unspecified atom stereocenters. The van der Waals surface area contributed by atoms with E-state index in [2.05, 4.69) is 0 Å². The van der Waals surface area contributed by atoms with Gasteiger partial charge in [-0.1, -0.05) is 54.1 Å². The summed E-state index contributed by atoms with van der Waals surface area (Å²) in [4.78, 5) is 0. The van der Waals surface area contributed by atoms with E-state index in [0.717, 1.165) is 5.56 Å². The van der Waals surface area contributed by atoms with Gasteiger partial charge in [0.15, 0.2) is 0 Å². The van der Waals surface area contributed by atoms with Crippen molar-refractivity contribution in [1.82, 2.24) is 0 Å². The minimum atomic E-state index is -0.337. The van der Waals surface area contributed by atoms with E-state index >= 15 is 0 Å². The third kappa shape index (κ3) is 3.24. The van der Waals surface area contributed by atoms with Crippen LogP contribution in [-0.4, -0.2) is 0 Å². The summed E-state index contributed by atoms with van der Waals surface area (Å²) in [5, 5.41) is 0.0583. The first-order valence-corrected chi connectivity index (χ1v) is 6.62. The van der Waals surface area contributed by atoms with Gasteiger partial charge in [-0.2, -0.15) is 0 Å². The molecule has 0 spiro atoms. The molecule has 94 valence electrons. The van der Waals surface area contributed by atoms with Gasteiger partial charge in [-0.3, -0.25) is 0 Å². The molecule has 0 aliphatic carbocycles. The molecule has 0 nitrogen and oxygen atoms in total. The highest BCUT2D eigenvalue weighted by Crippen LogP contribution is 2.27. The highest BCUT2D eigenvalue weighted by atomic mass is 35.5. The van der Waals surface area contributed by atoms with Crippen LogP contribution in [0, 0.1) is 5.82 Å². The first kappa shape index (κ1) is 13.4. The van der Waals surface area contributed by atoms with Crippen LogP contribution in [0.4, 0.5) is 4.39 Å². The van der Waals surface area contributed by atoms with Crippen LogP contribution in [0.25, 0.3) is 0 Å². The van der Waals surface area contributed by atoms with Crippen molar-refractivity contribution in [2.45, 2.75) is 18.2 Å². The zero-order valence-electron chi connectivity index (χ0n) is 9.74. The average Bonchev–Trinajstić information content (AvgIpc) is 2.41. The number of alkyl halides is 1. The van der Waals surface area contributed by atoms with Gasteiger partial charge in [0.05, 0.1) is 10.4 Å². The Kier molecular flexibility index (Phi) is 4.62. The minimum Gasteiger partial charge on any atom is -0.205 e. The summed E-state index contributed by atoms with van der Waals surface area (Å²) in [6.45, 7) is 0. The molecule has 2 aromatic rings. The number of rotatable bonds is 4. The van der Waals surface area contributed by atoms with E-state index in [4.69, 9.17) is 23.2 Å². The fourth-order valence-corrected chi connectivity index (χ4v) is 2.30. The first-order chi connectivity index (χ1) is 8.68. The number of hydrogen-bond acceptors (Lipinski definition) is 0. The van der Waals surface area contributed by atoms with Crippen molar-refractivity contribution < 1.29 is 4.39 Å². The molecule has 0 radical (unpaired) electrons. The lowest BCUT2D eigenvalue weighted by Gasteiger charge is -2.10. The summed E-state index contributed by atoms with van der Waals surface area (Å²) in [5.74, 6) is -0.337. The monoisotopic (exact) mass is 282 g/mol. The van der Waals surface area contributed by atoms with E-state index in [-0.39, 0.29) is 16.2 Å². The molecule has 0 aliphatic heterocycles. The van der Waals surface area contributed by atoms with Crippen LogP contribution >= 0.6 is 23.2 Å². The van der Waals surface area contributed by atoms with Gasteiger partial charge in [-0.25, -0.2) is 4.39 Å².